The third kappa shape index (κ3) is 4.80. The van der Waals surface area contributed by atoms with Crippen molar-refractivity contribution in [3.8, 4) is 0 Å². The van der Waals surface area contributed by atoms with Crippen molar-refractivity contribution in [2.75, 3.05) is 13.1 Å². The zero-order valence-electron chi connectivity index (χ0n) is 14.2. The van der Waals surface area contributed by atoms with E-state index in [9.17, 15) is 19.5 Å². The number of hydrogen-bond donors (Lipinski definition) is 2. The molecule has 0 aromatic carbocycles. The topological polar surface area (TPSA) is 105 Å². The monoisotopic (exact) mass is 324 g/mol. The molecule has 8 nitrogen and oxygen atoms in total. The highest BCUT2D eigenvalue weighted by atomic mass is 16.4. The smallest absolute Gasteiger partial charge is 0.326 e. The van der Waals surface area contributed by atoms with Crippen LogP contribution >= 0.6 is 0 Å². The van der Waals surface area contributed by atoms with Gasteiger partial charge in [0.25, 0.3) is 5.91 Å². The molecule has 0 radical (unpaired) electrons. The van der Waals surface area contributed by atoms with Crippen molar-refractivity contribution in [3.63, 3.8) is 0 Å². The normalized spacial score (nSPS) is 12.1. The first kappa shape index (κ1) is 18.7. The molecule has 0 bridgehead atoms. The van der Waals surface area contributed by atoms with Gasteiger partial charge >= 0.3 is 5.97 Å². The van der Waals surface area contributed by atoms with Gasteiger partial charge in [-0.15, -0.1) is 0 Å². The maximum Gasteiger partial charge on any atom is 0.326 e. The fourth-order valence-corrected chi connectivity index (χ4v) is 2.08. The number of carboxylic acids is 1. The lowest BCUT2D eigenvalue weighted by Crippen LogP contribution is -2.47. The Morgan fingerprint density at radius 2 is 1.96 bits per heavy atom. The number of aliphatic carboxylic acids is 1. The van der Waals surface area contributed by atoms with Crippen LogP contribution < -0.4 is 5.32 Å². The molecule has 2 amide bonds. The van der Waals surface area contributed by atoms with Crippen LogP contribution in [0.25, 0.3) is 0 Å². The van der Waals surface area contributed by atoms with Gasteiger partial charge < -0.3 is 15.3 Å². The maximum atomic E-state index is 12.7. The van der Waals surface area contributed by atoms with Crippen LogP contribution in [-0.2, 0) is 16.6 Å². The summed E-state index contributed by atoms with van der Waals surface area (Å²) in [7, 11) is 1.65. The average Bonchev–Trinajstić information content (AvgIpc) is 2.84. The zero-order chi connectivity index (χ0) is 17.7. The Kier molecular flexibility index (Phi) is 6.29. The third-order valence-electron chi connectivity index (χ3n) is 3.52. The standard InChI is InChI=1S/C15H24N4O4/c1-9(2)12-8-13(18(5)17-12)14(21)19(10(3)15(22)23)7-6-16-11(4)20/h8-10H,6-7H2,1-5H3,(H,16,20)(H,22,23). The Morgan fingerprint density at radius 1 is 1.35 bits per heavy atom. The van der Waals surface area contributed by atoms with Gasteiger partial charge in [0.05, 0.1) is 5.69 Å². The molecule has 0 saturated heterocycles. The summed E-state index contributed by atoms with van der Waals surface area (Å²) in [6, 6.07) is 0.668. The first-order valence-electron chi connectivity index (χ1n) is 7.47. The highest BCUT2D eigenvalue weighted by Gasteiger charge is 2.28. The average molecular weight is 324 g/mol. The molecule has 1 aromatic rings. The lowest BCUT2D eigenvalue weighted by molar-refractivity contribution is -0.141. The highest BCUT2D eigenvalue weighted by Crippen LogP contribution is 2.16. The predicted molar refractivity (Wildman–Crippen MR) is 84.1 cm³/mol. The molecule has 1 heterocycles. The van der Waals surface area contributed by atoms with E-state index in [0.717, 1.165) is 5.69 Å². The molecule has 0 aliphatic rings. The quantitative estimate of drug-likeness (QED) is 0.764. The number of nitrogens with zero attached hydrogens (tertiary/aromatic N) is 3. The summed E-state index contributed by atoms with van der Waals surface area (Å²) in [6.45, 7) is 7.02. The number of aromatic nitrogens is 2. The van der Waals surface area contributed by atoms with Crippen molar-refractivity contribution in [1.29, 1.82) is 0 Å². The summed E-state index contributed by atoms with van der Waals surface area (Å²) in [5, 5.41) is 16.1. The Hall–Kier alpha value is -2.38. The SMILES string of the molecule is CC(=O)NCCN(C(=O)c1cc(C(C)C)nn1C)C(C)C(=O)O. The number of aryl methyl sites for hydroxylation is 1. The van der Waals surface area contributed by atoms with Gasteiger partial charge in [-0.25, -0.2) is 4.79 Å². The highest BCUT2D eigenvalue weighted by molar-refractivity contribution is 5.95. The van der Waals surface area contributed by atoms with Crippen LogP contribution in [0.4, 0.5) is 0 Å². The first-order chi connectivity index (χ1) is 10.6. The lowest BCUT2D eigenvalue weighted by atomic mass is 10.1. The molecule has 0 aliphatic heterocycles. The van der Waals surface area contributed by atoms with Crippen LogP contribution in [0.1, 0.15) is 49.8 Å². The summed E-state index contributed by atoms with van der Waals surface area (Å²) in [6.07, 6.45) is 0. The van der Waals surface area contributed by atoms with Crippen molar-refractivity contribution in [3.05, 3.63) is 17.5 Å². The molecule has 1 unspecified atom stereocenters. The van der Waals surface area contributed by atoms with Crippen molar-refractivity contribution < 1.29 is 19.5 Å². The van der Waals surface area contributed by atoms with Crippen LogP contribution in [0.2, 0.25) is 0 Å². The van der Waals surface area contributed by atoms with Gasteiger partial charge in [-0.05, 0) is 18.9 Å². The van der Waals surface area contributed by atoms with E-state index in [-0.39, 0.29) is 24.9 Å². The van der Waals surface area contributed by atoms with Crippen molar-refractivity contribution in [2.45, 2.75) is 39.7 Å². The van der Waals surface area contributed by atoms with Gasteiger partial charge in [0.2, 0.25) is 5.91 Å². The Bertz CT molecular complexity index is 594. The Labute approximate surface area is 135 Å². The second-order valence-electron chi connectivity index (χ2n) is 5.73. The Balaban J connectivity index is 3.02. The second-order valence-corrected chi connectivity index (χ2v) is 5.73. The van der Waals surface area contributed by atoms with Crippen LogP contribution in [0.5, 0.6) is 0 Å². The molecule has 23 heavy (non-hydrogen) atoms. The number of hydrogen-bond acceptors (Lipinski definition) is 4. The number of amides is 2. The first-order valence-corrected chi connectivity index (χ1v) is 7.47. The van der Waals surface area contributed by atoms with Crippen molar-refractivity contribution in [1.82, 2.24) is 20.0 Å². The van der Waals surface area contributed by atoms with Crippen LogP contribution in [0.15, 0.2) is 6.07 Å². The molecule has 0 aliphatic carbocycles. The van der Waals surface area contributed by atoms with E-state index < -0.39 is 17.9 Å². The molecular weight excluding hydrogens is 300 g/mol. The fraction of sp³-hybridized carbons (Fsp3) is 0.600. The summed E-state index contributed by atoms with van der Waals surface area (Å²) in [4.78, 5) is 36.2. The number of nitrogens with one attached hydrogen (secondary N) is 1. The van der Waals surface area contributed by atoms with Crippen molar-refractivity contribution >= 4 is 17.8 Å². The summed E-state index contributed by atoms with van der Waals surface area (Å²) in [5.41, 5.74) is 1.09. The Morgan fingerprint density at radius 3 is 2.39 bits per heavy atom. The minimum Gasteiger partial charge on any atom is -0.480 e. The summed E-state index contributed by atoms with van der Waals surface area (Å²) in [5.74, 6) is -1.60. The van der Waals surface area contributed by atoms with E-state index >= 15 is 0 Å². The second kappa shape index (κ2) is 7.75. The van der Waals surface area contributed by atoms with Gasteiger partial charge in [0, 0.05) is 27.1 Å². The largest absolute Gasteiger partial charge is 0.480 e. The molecule has 0 spiro atoms. The van der Waals surface area contributed by atoms with E-state index in [1.54, 1.807) is 13.1 Å². The van der Waals surface area contributed by atoms with Gasteiger partial charge in [-0.3, -0.25) is 14.3 Å². The third-order valence-corrected chi connectivity index (χ3v) is 3.52. The molecule has 128 valence electrons. The van der Waals surface area contributed by atoms with Gasteiger partial charge in [0.15, 0.2) is 0 Å². The van der Waals surface area contributed by atoms with Crippen molar-refractivity contribution in [2.24, 2.45) is 7.05 Å². The molecule has 0 fully saturated rings. The number of carbonyl (C=O) groups is 3. The minimum absolute atomic E-state index is 0.105. The van der Waals surface area contributed by atoms with Crippen LogP contribution in [-0.4, -0.2) is 56.7 Å². The van der Waals surface area contributed by atoms with Crippen LogP contribution in [0.3, 0.4) is 0 Å². The summed E-state index contributed by atoms with van der Waals surface area (Å²) >= 11 is 0. The number of carboxylic acid groups (broad SMARTS) is 1. The molecule has 1 aromatic heterocycles. The number of carbonyl (C=O) groups excluding carboxylic acids is 2. The molecular formula is C15H24N4O4. The van der Waals surface area contributed by atoms with Crippen LogP contribution in [0, 0.1) is 0 Å². The van der Waals surface area contributed by atoms with E-state index in [1.807, 2.05) is 13.8 Å². The molecule has 8 heteroatoms. The van der Waals surface area contributed by atoms with Gasteiger partial charge in [-0.1, -0.05) is 13.8 Å². The van der Waals surface area contributed by atoms with Gasteiger partial charge in [0.1, 0.15) is 11.7 Å². The number of rotatable bonds is 7. The van der Waals surface area contributed by atoms with E-state index in [4.69, 9.17) is 0 Å². The van der Waals surface area contributed by atoms with Gasteiger partial charge in [-0.2, -0.15) is 5.10 Å². The van der Waals surface area contributed by atoms with E-state index in [1.165, 1.54) is 23.4 Å². The molecule has 0 saturated carbocycles. The maximum absolute atomic E-state index is 12.7. The minimum atomic E-state index is -1.10. The molecule has 2 N–H and O–H groups in total. The molecule has 1 rings (SSSR count). The summed E-state index contributed by atoms with van der Waals surface area (Å²) < 4.78 is 1.46. The fourth-order valence-electron chi connectivity index (χ4n) is 2.08. The molecule has 1 atom stereocenters. The predicted octanol–water partition coefficient (Wildman–Crippen LogP) is 0.595. The lowest BCUT2D eigenvalue weighted by Gasteiger charge is -2.26. The zero-order valence-corrected chi connectivity index (χ0v) is 14.2. The van der Waals surface area contributed by atoms with E-state index in [0.29, 0.717) is 5.69 Å². The van der Waals surface area contributed by atoms with E-state index in [2.05, 4.69) is 10.4 Å².